The second kappa shape index (κ2) is 10.6. The molecule has 7 nitrogen and oxygen atoms in total. The fourth-order valence-corrected chi connectivity index (χ4v) is 3.01. The molecule has 150 valence electrons. The highest BCUT2D eigenvalue weighted by molar-refractivity contribution is 5.85. The Kier molecular flexibility index (Phi) is 8.23. The molecule has 0 bridgehead atoms. The molecule has 0 aliphatic carbocycles. The maximum absolute atomic E-state index is 11.9. The lowest BCUT2D eigenvalue weighted by Crippen LogP contribution is -2.51. The second-order valence-electron chi connectivity index (χ2n) is 7.01. The first-order chi connectivity index (χ1) is 13.0. The van der Waals surface area contributed by atoms with Gasteiger partial charge in [-0.15, -0.1) is 0 Å². The van der Waals surface area contributed by atoms with E-state index >= 15 is 0 Å². The number of hydrogen-bond donors (Lipinski definition) is 2. The van der Waals surface area contributed by atoms with Crippen molar-refractivity contribution in [1.29, 1.82) is 0 Å². The third-order valence-electron chi connectivity index (χ3n) is 4.59. The molecule has 1 amide bonds. The number of likely N-dealkylation sites (N-methyl/N-ethyl adjacent to an activating group) is 1. The minimum atomic E-state index is -0.00532. The fourth-order valence-electron chi connectivity index (χ4n) is 3.01. The average molecular weight is 376 g/mol. The second-order valence-corrected chi connectivity index (χ2v) is 7.01. The summed E-state index contributed by atoms with van der Waals surface area (Å²) in [6.45, 7) is 5.01. The molecule has 1 heterocycles. The number of carbonyl (C=O) groups is 1. The average Bonchev–Trinajstić information content (AvgIpc) is 2.69. The Hall–Kier alpha value is -2.44. The van der Waals surface area contributed by atoms with Crippen LogP contribution in [0, 0.1) is 0 Å². The molecule has 0 saturated carbocycles. The van der Waals surface area contributed by atoms with Crippen LogP contribution in [0.25, 0.3) is 0 Å². The van der Waals surface area contributed by atoms with Gasteiger partial charge in [0.05, 0.1) is 7.11 Å². The molecule has 1 fully saturated rings. The minimum Gasteiger partial charge on any atom is -0.497 e. The fraction of sp³-hybridized carbons (Fsp3) is 0.600. The molecule has 2 N–H and O–H groups in total. The molecule has 0 spiro atoms. The van der Waals surface area contributed by atoms with Crippen molar-refractivity contribution in [2.75, 3.05) is 52.3 Å². The lowest BCUT2D eigenvalue weighted by Gasteiger charge is -2.35. The summed E-state index contributed by atoms with van der Waals surface area (Å²) < 4.78 is 5.35. The van der Waals surface area contributed by atoms with Gasteiger partial charge in [-0.2, -0.15) is 0 Å². The van der Waals surface area contributed by atoms with Crippen molar-refractivity contribution in [3.05, 3.63) is 24.3 Å². The SMILES string of the molecule is CCCNC(=NCC(=O)N(C)C)NC1CCCN(c2cccc(OC)c2)C1. The highest BCUT2D eigenvalue weighted by Crippen LogP contribution is 2.24. The van der Waals surface area contributed by atoms with Gasteiger partial charge >= 0.3 is 0 Å². The van der Waals surface area contributed by atoms with Crippen LogP contribution < -0.4 is 20.3 Å². The van der Waals surface area contributed by atoms with Gasteiger partial charge in [-0.3, -0.25) is 4.79 Å². The van der Waals surface area contributed by atoms with Gasteiger partial charge in [0.1, 0.15) is 12.3 Å². The number of rotatable bonds is 7. The number of methoxy groups -OCH3 is 1. The predicted molar refractivity (Wildman–Crippen MR) is 111 cm³/mol. The number of guanidine groups is 1. The number of benzene rings is 1. The predicted octanol–water partition coefficient (Wildman–Crippen LogP) is 1.70. The number of anilines is 1. The Labute approximate surface area is 162 Å². The number of ether oxygens (including phenoxy) is 1. The summed E-state index contributed by atoms with van der Waals surface area (Å²) in [5.74, 6) is 1.58. The molecule has 0 aromatic heterocycles. The van der Waals surface area contributed by atoms with Gasteiger partial charge in [-0.05, 0) is 31.4 Å². The number of piperidine rings is 1. The lowest BCUT2D eigenvalue weighted by atomic mass is 10.0. The Balaban J connectivity index is 2.01. The third-order valence-corrected chi connectivity index (χ3v) is 4.59. The molecule has 2 rings (SSSR count). The zero-order chi connectivity index (χ0) is 19.6. The maximum Gasteiger partial charge on any atom is 0.243 e. The molecule has 0 radical (unpaired) electrons. The summed E-state index contributed by atoms with van der Waals surface area (Å²) in [5.41, 5.74) is 1.17. The minimum absolute atomic E-state index is 0.00532. The van der Waals surface area contributed by atoms with Gasteiger partial charge in [0.25, 0.3) is 0 Å². The van der Waals surface area contributed by atoms with E-state index in [0.717, 1.165) is 44.6 Å². The summed E-state index contributed by atoms with van der Waals surface area (Å²) in [6, 6.07) is 8.45. The van der Waals surface area contributed by atoms with E-state index in [1.807, 2.05) is 12.1 Å². The number of aliphatic imine (C=N–C) groups is 1. The standard InChI is InChI=1S/C20H33N5O2/c1-5-11-21-20(22-14-19(26)24(2)3)23-16-8-7-12-25(15-16)17-9-6-10-18(13-17)27-4/h6,9-10,13,16H,5,7-8,11-12,14-15H2,1-4H3,(H2,21,22,23). The monoisotopic (exact) mass is 375 g/mol. The molecule has 1 atom stereocenters. The highest BCUT2D eigenvalue weighted by Gasteiger charge is 2.21. The van der Waals surface area contributed by atoms with Crippen molar-refractivity contribution < 1.29 is 9.53 Å². The lowest BCUT2D eigenvalue weighted by molar-refractivity contribution is -0.127. The molecular formula is C20H33N5O2. The molecule has 1 aromatic rings. The van der Waals surface area contributed by atoms with Crippen LogP contribution in [0.1, 0.15) is 26.2 Å². The summed E-state index contributed by atoms with van der Waals surface area (Å²) in [6.07, 6.45) is 3.18. The van der Waals surface area contributed by atoms with E-state index in [1.165, 1.54) is 5.69 Å². The summed E-state index contributed by atoms with van der Waals surface area (Å²) in [7, 11) is 5.19. The maximum atomic E-state index is 11.9. The van der Waals surface area contributed by atoms with E-state index in [1.54, 1.807) is 26.1 Å². The third kappa shape index (κ3) is 6.66. The quantitative estimate of drug-likeness (QED) is 0.561. The first kappa shape index (κ1) is 20.9. The van der Waals surface area contributed by atoms with E-state index in [-0.39, 0.29) is 18.5 Å². The van der Waals surface area contributed by atoms with Crippen LogP contribution in [-0.2, 0) is 4.79 Å². The van der Waals surface area contributed by atoms with E-state index in [4.69, 9.17) is 4.74 Å². The Morgan fingerprint density at radius 1 is 1.41 bits per heavy atom. The Bertz CT molecular complexity index is 633. The molecule has 1 aromatic carbocycles. The summed E-state index contributed by atoms with van der Waals surface area (Å²) in [4.78, 5) is 20.2. The van der Waals surface area contributed by atoms with Crippen LogP contribution in [0.3, 0.4) is 0 Å². The van der Waals surface area contributed by atoms with Crippen molar-refractivity contribution >= 4 is 17.6 Å². The zero-order valence-electron chi connectivity index (χ0n) is 17.0. The first-order valence-corrected chi connectivity index (χ1v) is 9.67. The van der Waals surface area contributed by atoms with Gasteiger partial charge < -0.3 is 25.2 Å². The van der Waals surface area contributed by atoms with Gasteiger partial charge in [0.2, 0.25) is 5.91 Å². The van der Waals surface area contributed by atoms with Crippen LogP contribution in [0.5, 0.6) is 5.75 Å². The molecule has 1 unspecified atom stereocenters. The Morgan fingerprint density at radius 3 is 2.93 bits per heavy atom. The van der Waals surface area contributed by atoms with Crippen molar-refractivity contribution in [1.82, 2.24) is 15.5 Å². The Morgan fingerprint density at radius 2 is 2.22 bits per heavy atom. The highest BCUT2D eigenvalue weighted by atomic mass is 16.5. The molecule has 27 heavy (non-hydrogen) atoms. The number of nitrogens with one attached hydrogen (secondary N) is 2. The van der Waals surface area contributed by atoms with Crippen molar-refractivity contribution in [2.45, 2.75) is 32.2 Å². The summed E-state index contributed by atoms with van der Waals surface area (Å²) in [5, 5.41) is 6.82. The van der Waals surface area contributed by atoms with E-state index < -0.39 is 0 Å². The number of carbonyl (C=O) groups excluding carboxylic acids is 1. The first-order valence-electron chi connectivity index (χ1n) is 9.67. The van der Waals surface area contributed by atoms with E-state index in [2.05, 4.69) is 39.6 Å². The van der Waals surface area contributed by atoms with Crippen molar-refractivity contribution in [2.24, 2.45) is 4.99 Å². The van der Waals surface area contributed by atoms with Crippen LogP contribution in [-0.4, -0.2) is 70.2 Å². The topological polar surface area (TPSA) is 69.2 Å². The van der Waals surface area contributed by atoms with Crippen molar-refractivity contribution in [3.8, 4) is 5.75 Å². The summed E-state index contributed by atoms with van der Waals surface area (Å²) >= 11 is 0. The normalized spacial score (nSPS) is 17.4. The number of nitrogens with zero attached hydrogens (tertiary/aromatic N) is 3. The van der Waals surface area contributed by atoms with Gasteiger partial charge in [-0.25, -0.2) is 4.99 Å². The van der Waals surface area contributed by atoms with Crippen molar-refractivity contribution in [3.63, 3.8) is 0 Å². The molecule has 7 heteroatoms. The van der Waals surface area contributed by atoms with Crippen LogP contribution in [0.2, 0.25) is 0 Å². The molecule has 1 aliphatic heterocycles. The van der Waals surface area contributed by atoms with Gasteiger partial charge in [0, 0.05) is 51.5 Å². The number of amides is 1. The number of hydrogen-bond acceptors (Lipinski definition) is 4. The molecular weight excluding hydrogens is 342 g/mol. The zero-order valence-corrected chi connectivity index (χ0v) is 17.0. The van der Waals surface area contributed by atoms with Crippen LogP contribution in [0.15, 0.2) is 29.3 Å². The van der Waals surface area contributed by atoms with Crippen LogP contribution in [0.4, 0.5) is 5.69 Å². The van der Waals surface area contributed by atoms with Gasteiger partial charge in [0.15, 0.2) is 5.96 Å². The smallest absolute Gasteiger partial charge is 0.243 e. The van der Waals surface area contributed by atoms with Crippen LogP contribution >= 0.6 is 0 Å². The molecule has 1 aliphatic rings. The van der Waals surface area contributed by atoms with E-state index in [0.29, 0.717) is 5.96 Å². The van der Waals surface area contributed by atoms with E-state index in [9.17, 15) is 4.79 Å². The largest absolute Gasteiger partial charge is 0.497 e. The van der Waals surface area contributed by atoms with Gasteiger partial charge in [-0.1, -0.05) is 13.0 Å². The molecule has 1 saturated heterocycles.